The second-order valence-corrected chi connectivity index (χ2v) is 5.27. The summed E-state index contributed by atoms with van der Waals surface area (Å²) < 4.78 is 0. The number of halogens is 1. The van der Waals surface area contributed by atoms with E-state index in [1.165, 1.54) is 0 Å². The van der Waals surface area contributed by atoms with Crippen LogP contribution >= 0.6 is 11.6 Å². The zero-order valence-corrected chi connectivity index (χ0v) is 11.6. The lowest BCUT2D eigenvalue weighted by Crippen LogP contribution is -2.30. The SMILES string of the molecule is O=C(CCN1CC[C@@H](O)C1)NCc1ccccc1Cl. The van der Waals surface area contributed by atoms with Crippen molar-refractivity contribution in [1.82, 2.24) is 10.2 Å². The maximum Gasteiger partial charge on any atom is 0.221 e. The Balaban J connectivity index is 1.69. The van der Waals surface area contributed by atoms with Crippen molar-refractivity contribution in [2.45, 2.75) is 25.5 Å². The number of β-amino-alcohol motifs (C(OH)–C–C–N with tert-alkyl or cyclic N) is 1. The molecular weight excluding hydrogens is 264 g/mol. The Morgan fingerprint density at radius 1 is 1.47 bits per heavy atom. The van der Waals surface area contributed by atoms with E-state index in [1.807, 2.05) is 24.3 Å². The number of carbonyl (C=O) groups excluding carboxylic acids is 1. The Labute approximate surface area is 118 Å². The van der Waals surface area contributed by atoms with Crippen LogP contribution < -0.4 is 5.32 Å². The molecule has 1 atom stereocenters. The van der Waals surface area contributed by atoms with E-state index in [9.17, 15) is 9.90 Å². The molecule has 0 spiro atoms. The predicted octanol–water partition coefficient (Wildman–Crippen LogP) is 1.41. The maximum atomic E-state index is 11.7. The van der Waals surface area contributed by atoms with Gasteiger partial charge in [0.1, 0.15) is 0 Å². The van der Waals surface area contributed by atoms with Crippen molar-refractivity contribution in [2.24, 2.45) is 0 Å². The van der Waals surface area contributed by atoms with Crippen LogP contribution in [0.5, 0.6) is 0 Å². The molecule has 0 radical (unpaired) electrons. The monoisotopic (exact) mass is 282 g/mol. The number of hydrogen-bond acceptors (Lipinski definition) is 3. The van der Waals surface area contributed by atoms with Crippen molar-refractivity contribution in [3.63, 3.8) is 0 Å². The molecule has 104 valence electrons. The molecule has 0 unspecified atom stereocenters. The number of rotatable bonds is 5. The lowest BCUT2D eigenvalue weighted by Gasteiger charge is -2.14. The number of carbonyl (C=O) groups is 1. The largest absolute Gasteiger partial charge is 0.392 e. The summed E-state index contributed by atoms with van der Waals surface area (Å²) in [5.74, 6) is 0.0151. The fraction of sp³-hybridized carbons (Fsp3) is 0.500. The molecule has 0 aromatic heterocycles. The van der Waals surface area contributed by atoms with Crippen molar-refractivity contribution >= 4 is 17.5 Å². The molecule has 5 heteroatoms. The van der Waals surface area contributed by atoms with Crippen LogP contribution in [0.4, 0.5) is 0 Å². The van der Waals surface area contributed by atoms with Gasteiger partial charge in [-0.25, -0.2) is 0 Å². The Morgan fingerprint density at radius 2 is 2.26 bits per heavy atom. The number of aliphatic hydroxyl groups is 1. The van der Waals surface area contributed by atoms with Gasteiger partial charge in [-0.1, -0.05) is 29.8 Å². The van der Waals surface area contributed by atoms with Crippen LogP contribution in [0, 0.1) is 0 Å². The molecule has 1 aromatic rings. The van der Waals surface area contributed by atoms with Crippen LogP contribution in [0.25, 0.3) is 0 Å². The first-order valence-electron chi connectivity index (χ1n) is 6.55. The van der Waals surface area contributed by atoms with Gasteiger partial charge < -0.3 is 15.3 Å². The minimum absolute atomic E-state index is 0.0151. The van der Waals surface area contributed by atoms with Gasteiger partial charge in [-0.3, -0.25) is 4.79 Å². The van der Waals surface area contributed by atoms with Crippen LogP contribution in [0.15, 0.2) is 24.3 Å². The quantitative estimate of drug-likeness (QED) is 0.859. The third kappa shape index (κ3) is 4.49. The summed E-state index contributed by atoms with van der Waals surface area (Å²) in [6.07, 6.45) is 1.03. The molecule has 1 aliphatic rings. The third-order valence-corrected chi connectivity index (χ3v) is 3.71. The van der Waals surface area contributed by atoms with E-state index in [2.05, 4.69) is 10.2 Å². The number of benzene rings is 1. The van der Waals surface area contributed by atoms with E-state index in [4.69, 9.17) is 11.6 Å². The molecule has 1 aliphatic heterocycles. The Morgan fingerprint density at radius 3 is 2.95 bits per heavy atom. The summed E-state index contributed by atoms with van der Waals surface area (Å²) in [4.78, 5) is 13.8. The minimum atomic E-state index is -0.230. The highest BCUT2D eigenvalue weighted by Gasteiger charge is 2.20. The van der Waals surface area contributed by atoms with Crippen LogP contribution in [-0.4, -0.2) is 41.7 Å². The number of nitrogens with zero attached hydrogens (tertiary/aromatic N) is 1. The van der Waals surface area contributed by atoms with E-state index in [0.717, 1.165) is 18.5 Å². The highest BCUT2D eigenvalue weighted by Crippen LogP contribution is 2.14. The van der Waals surface area contributed by atoms with Crippen LogP contribution in [-0.2, 0) is 11.3 Å². The number of hydrogen-bond donors (Lipinski definition) is 2. The molecule has 1 heterocycles. The summed E-state index contributed by atoms with van der Waals surface area (Å²) in [7, 11) is 0. The molecule has 1 amide bonds. The topological polar surface area (TPSA) is 52.6 Å². The molecule has 1 aromatic carbocycles. The number of aliphatic hydroxyl groups excluding tert-OH is 1. The first kappa shape index (κ1) is 14.3. The highest BCUT2D eigenvalue weighted by atomic mass is 35.5. The van der Waals surface area contributed by atoms with Gasteiger partial charge in [0.15, 0.2) is 0 Å². The summed E-state index contributed by atoms with van der Waals surface area (Å²) in [5.41, 5.74) is 0.925. The highest BCUT2D eigenvalue weighted by molar-refractivity contribution is 6.31. The van der Waals surface area contributed by atoms with Gasteiger partial charge in [0.2, 0.25) is 5.91 Å². The normalized spacial score (nSPS) is 19.6. The van der Waals surface area contributed by atoms with Crippen molar-refractivity contribution in [1.29, 1.82) is 0 Å². The van der Waals surface area contributed by atoms with E-state index in [-0.39, 0.29) is 12.0 Å². The summed E-state index contributed by atoms with van der Waals surface area (Å²) in [6.45, 7) is 2.71. The fourth-order valence-corrected chi connectivity index (χ4v) is 2.40. The zero-order chi connectivity index (χ0) is 13.7. The minimum Gasteiger partial charge on any atom is -0.392 e. The summed E-state index contributed by atoms with van der Waals surface area (Å²) in [6, 6.07) is 7.49. The lowest BCUT2D eigenvalue weighted by molar-refractivity contribution is -0.121. The predicted molar refractivity (Wildman–Crippen MR) is 75.0 cm³/mol. The number of likely N-dealkylation sites (tertiary alicyclic amines) is 1. The van der Waals surface area contributed by atoms with Gasteiger partial charge in [-0.05, 0) is 18.1 Å². The van der Waals surface area contributed by atoms with Gasteiger partial charge in [0.05, 0.1) is 6.10 Å². The van der Waals surface area contributed by atoms with Gasteiger partial charge in [-0.2, -0.15) is 0 Å². The van der Waals surface area contributed by atoms with Crippen LogP contribution in [0.1, 0.15) is 18.4 Å². The molecule has 0 saturated carbocycles. The van der Waals surface area contributed by atoms with Crippen molar-refractivity contribution in [3.05, 3.63) is 34.9 Å². The van der Waals surface area contributed by atoms with Gasteiger partial charge >= 0.3 is 0 Å². The van der Waals surface area contributed by atoms with E-state index in [1.54, 1.807) is 0 Å². The Hall–Kier alpha value is -1.10. The number of nitrogens with one attached hydrogen (secondary N) is 1. The number of amides is 1. The van der Waals surface area contributed by atoms with Crippen LogP contribution in [0.3, 0.4) is 0 Å². The average Bonchev–Trinajstić information content (AvgIpc) is 2.81. The molecule has 0 aliphatic carbocycles. The molecule has 19 heavy (non-hydrogen) atoms. The van der Waals surface area contributed by atoms with Crippen molar-refractivity contribution in [3.8, 4) is 0 Å². The maximum absolute atomic E-state index is 11.7. The smallest absolute Gasteiger partial charge is 0.221 e. The molecule has 2 rings (SSSR count). The Bertz CT molecular complexity index is 439. The van der Waals surface area contributed by atoms with Gasteiger partial charge in [0, 0.05) is 37.6 Å². The zero-order valence-electron chi connectivity index (χ0n) is 10.8. The van der Waals surface area contributed by atoms with Crippen LogP contribution in [0.2, 0.25) is 5.02 Å². The second-order valence-electron chi connectivity index (χ2n) is 4.86. The van der Waals surface area contributed by atoms with Gasteiger partial charge in [-0.15, -0.1) is 0 Å². The second kappa shape index (κ2) is 6.89. The van der Waals surface area contributed by atoms with E-state index >= 15 is 0 Å². The molecular formula is C14H19ClN2O2. The molecule has 1 fully saturated rings. The molecule has 4 nitrogen and oxygen atoms in total. The first-order chi connectivity index (χ1) is 9.15. The third-order valence-electron chi connectivity index (χ3n) is 3.34. The summed E-state index contributed by atoms with van der Waals surface area (Å²) >= 11 is 6.02. The average molecular weight is 283 g/mol. The molecule has 2 N–H and O–H groups in total. The lowest BCUT2D eigenvalue weighted by atomic mass is 10.2. The fourth-order valence-electron chi connectivity index (χ4n) is 2.20. The van der Waals surface area contributed by atoms with Gasteiger partial charge in [0.25, 0.3) is 0 Å². The molecule has 1 saturated heterocycles. The molecule has 0 bridgehead atoms. The van der Waals surface area contributed by atoms with E-state index < -0.39 is 0 Å². The first-order valence-corrected chi connectivity index (χ1v) is 6.93. The standard InChI is InChI=1S/C14H19ClN2O2/c15-13-4-2-1-3-11(13)9-16-14(19)6-8-17-7-5-12(18)10-17/h1-4,12,18H,5-10H2,(H,16,19)/t12-/m1/s1. The Kier molecular flexibility index (Phi) is 5.19. The van der Waals surface area contributed by atoms with E-state index in [0.29, 0.717) is 31.1 Å². The summed E-state index contributed by atoms with van der Waals surface area (Å²) in [5, 5.41) is 12.9. The van der Waals surface area contributed by atoms with Crippen molar-refractivity contribution < 1.29 is 9.90 Å². The van der Waals surface area contributed by atoms with Crippen molar-refractivity contribution in [2.75, 3.05) is 19.6 Å².